The standard InChI is InChI=1S/C17H15F3N4O6S/c18-17(19,20)11-2-1-3-13(8-11)31(29,30)23-6-4-22(5-7-23)16(26)14-9-12(24(27)28)10-21-15(14)25/h1-3,8-10H,4-7H2,(H,21,25). The summed E-state index contributed by atoms with van der Waals surface area (Å²) in [7, 11) is -4.25. The minimum atomic E-state index is -4.71. The molecular weight excluding hydrogens is 445 g/mol. The number of carbonyl (C=O) groups is 1. The van der Waals surface area contributed by atoms with E-state index in [1.165, 1.54) is 0 Å². The Labute approximate surface area is 173 Å². The molecule has 1 saturated heterocycles. The van der Waals surface area contributed by atoms with Gasteiger partial charge in [-0.1, -0.05) is 6.07 Å². The predicted molar refractivity (Wildman–Crippen MR) is 99.8 cm³/mol. The van der Waals surface area contributed by atoms with Crippen molar-refractivity contribution in [2.45, 2.75) is 11.1 Å². The molecule has 0 radical (unpaired) electrons. The zero-order valence-electron chi connectivity index (χ0n) is 15.6. The van der Waals surface area contributed by atoms with Gasteiger partial charge in [0.1, 0.15) is 5.56 Å². The van der Waals surface area contributed by atoms with Crippen molar-refractivity contribution < 1.29 is 31.3 Å². The van der Waals surface area contributed by atoms with Crippen LogP contribution in [0.15, 0.2) is 46.2 Å². The average Bonchev–Trinajstić information content (AvgIpc) is 2.73. The lowest BCUT2D eigenvalue weighted by Gasteiger charge is -2.34. The Morgan fingerprint density at radius 3 is 2.35 bits per heavy atom. The highest BCUT2D eigenvalue weighted by molar-refractivity contribution is 7.89. The summed E-state index contributed by atoms with van der Waals surface area (Å²) in [6.07, 6.45) is -3.86. The van der Waals surface area contributed by atoms with Crippen LogP contribution < -0.4 is 5.56 Å². The van der Waals surface area contributed by atoms with E-state index in [0.717, 1.165) is 39.7 Å². The van der Waals surface area contributed by atoms with E-state index in [1.54, 1.807) is 0 Å². The number of halogens is 3. The number of nitrogens with zero attached hydrogens (tertiary/aromatic N) is 3. The number of aromatic nitrogens is 1. The number of nitro groups is 1. The first-order valence-electron chi connectivity index (χ1n) is 8.75. The third-order valence-electron chi connectivity index (χ3n) is 4.65. The van der Waals surface area contributed by atoms with Gasteiger partial charge in [0, 0.05) is 32.2 Å². The molecule has 2 heterocycles. The van der Waals surface area contributed by atoms with Gasteiger partial charge in [-0.3, -0.25) is 19.7 Å². The summed E-state index contributed by atoms with van der Waals surface area (Å²) >= 11 is 0. The van der Waals surface area contributed by atoms with Crippen molar-refractivity contribution in [2.75, 3.05) is 26.2 Å². The van der Waals surface area contributed by atoms with E-state index in [-0.39, 0.29) is 26.2 Å². The van der Waals surface area contributed by atoms with E-state index in [2.05, 4.69) is 4.98 Å². The molecule has 1 amide bonds. The maximum atomic E-state index is 12.9. The Morgan fingerprint density at radius 1 is 1.13 bits per heavy atom. The topological polar surface area (TPSA) is 134 Å². The Morgan fingerprint density at radius 2 is 1.77 bits per heavy atom. The molecule has 1 aliphatic rings. The summed E-state index contributed by atoms with van der Waals surface area (Å²) in [5.41, 5.74) is -2.90. The van der Waals surface area contributed by atoms with Gasteiger partial charge in [-0.15, -0.1) is 0 Å². The lowest BCUT2D eigenvalue weighted by Crippen LogP contribution is -2.51. The van der Waals surface area contributed by atoms with Gasteiger partial charge in [-0.05, 0) is 18.2 Å². The van der Waals surface area contributed by atoms with Gasteiger partial charge in [-0.2, -0.15) is 17.5 Å². The third-order valence-corrected chi connectivity index (χ3v) is 6.55. The highest BCUT2D eigenvalue weighted by Gasteiger charge is 2.35. The van der Waals surface area contributed by atoms with Crippen LogP contribution in [-0.4, -0.2) is 59.6 Å². The van der Waals surface area contributed by atoms with E-state index in [9.17, 15) is 41.3 Å². The van der Waals surface area contributed by atoms with E-state index in [0.29, 0.717) is 6.07 Å². The molecule has 14 heteroatoms. The number of pyridine rings is 1. The Kier molecular flexibility index (Phi) is 5.87. The molecule has 10 nitrogen and oxygen atoms in total. The molecule has 3 rings (SSSR count). The fourth-order valence-corrected chi connectivity index (χ4v) is 4.49. The van der Waals surface area contributed by atoms with Crippen molar-refractivity contribution in [3.8, 4) is 0 Å². The molecule has 0 atom stereocenters. The van der Waals surface area contributed by atoms with Gasteiger partial charge in [0.05, 0.1) is 21.6 Å². The quantitative estimate of drug-likeness (QED) is 0.542. The number of H-pyrrole nitrogens is 1. The summed E-state index contributed by atoms with van der Waals surface area (Å²) in [6, 6.07) is 4.16. The van der Waals surface area contributed by atoms with Gasteiger partial charge in [0.2, 0.25) is 10.0 Å². The van der Waals surface area contributed by atoms with Crippen LogP contribution in [0.4, 0.5) is 18.9 Å². The van der Waals surface area contributed by atoms with Gasteiger partial charge in [0.25, 0.3) is 17.2 Å². The molecule has 0 spiro atoms. The predicted octanol–water partition coefficient (Wildman–Crippen LogP) is 1.45. The molecule has 0 aliphatic carbocycles. The number of hydrogen-bond donors (Lipinski definition) is 1. The van der Waals surface area contributed by atoms with Crippen molar-refractivity contribution in [1.29, 1.82) is 0 Å². The highest BCUT2D eigenvalue weighted by atomic mass is 32.2. The van der Waals surface area contributed by atoms with Crippen LogP contribution in [-0.2, 0) is 16.2 Å². The van der Waals surface area contributed by atoms with Crippen LogP contribution in [0.5, 0.6) is 0 Å². The number of amides is 1. The van der Waals surface area contributed by atoms with Gasteiger partial charge < -0.3 is 9.88 Å². The Balaban J connectivity index is 1.76. The summed E-state index contributed by atoms with van der Waals surface area (Å²) in [4.78, 5) is 37.2. The first-order valence-corrected chi connectivity index (χ1v) is 10.2. The summed E-state index contributed by atoms with van der Waals surface area (Å²) < 4.78 is 65.0. The van der Waals surface area contributed by atoms with Crippen molar-refractivity contribution in [2.24, 2.45) is 0 Å². The van der Waals surface area contributed by atoms with Crippen molar-refractivity contribution in [1.82, 2.24) is 14.2 Å². The minimum absolute atomic E-state index is 0.154. The smallest absolute Gasteiger partial charge is 0.336 e. The lowest BCUT2D eigenvalue weighted by molar-refractivity contribution is -0.385. The van der Waals surface area contributed by atoms with Gasteiger partial charge in [0.15, 0.2) is 0 Å². The number of alkyl halides is 3. The van der Waals surface area contributed by atoms with Crippen molar-refractivity contribution in [3.63, 3.8) is 0 Å². The number of hydrogen-bond acceptors (Lipinski definition) is 6. The van der Waals surface area contributed by atoms with E-state index in [4.69, 9.17) is 0 Å². The average molecular weight is 460 g/mol. The second-order valence-electron chi connectivity index (χ2n) is 6.58. The molecular formula is C17H15F3N4O6S. The largest absolute Gasteiger partial charge is 0.416 e. The van der Waals surface area contributed by atoms with Gasteiger partial charge >= 0.3 is 6.18 Å². The molecule has 0 unspecified atom stereocenters. The molecule has 2 aromatic rings. The van der Waals surface area contributed by atoms with Gasteiger partial charge in [-0.25, -0.2) is 8.42 Å². The number of rotatable bonds is 4. The molecule has 1 aromatic carbocycles. The van der Waals surface area contributed by atoms with Crippen LogP contribution in [0, 0.1) is 10.1 Å². The number of piperazine rings is 1. The second-order valence-corrected chi connectivity index (χ2v) is 8.52. The van der Waals surface area contributed by atoms with E-state index < -0.39 is 54.3 Å². The molecule has 1 aliphatic heterocycles. The molecule has 0 saturated carbocycles. The summed E-state index contributed by atoms with van der Waals surface area (Å²) in [6.45, 7) is -0.757. The lowest BCUT2D eigenvalue weighted by atomic mass is 10.2. The first-order chi connectivity index (χ1) is 14.4. The molecule has 31 heavy (non-hydrogen) atoms. The first kappa shape index (κ1) is 22.4. The highest BCUT2D eigenvalue weighted by Crippen LogP contribution is 2.31. The van der Waals surface area contributed by atoms with Crippen LogP contribution in [0.1, 0.15) is 15.9 Å². The Hall–Kier alpha value is -3.26. The maximum absolute atomic E-state index is 12.9. The number of carbonyl (C=O) groups excluding carboxylic acids is 1. The third kappa shape index (κ3) is 4.59. The zero-order chi connectivity index (χ0) is 23.0. The second kappa shape index (κ2) is 8.11. The summed E-state index contributed by atoms with van der Waals surface area (Å²) in [5, 5.41) is 10.9. The van der Waals surface area contributed by atoms with Crippen LogP contribution in [0.25, 0.3) is 0 Å². The SMILES string of the molecule is O=C(c1cc([N+](=O)[O-])c[nH]c1=O)N1CCN(S(=O)(=O)c2cccc(C(F)(F)F)c2)CC1. The van der Waals surface area contributed by atoms with E-state index >= 15 is 0 Å². The monoisotopic (exact) mass is 460 g/mol. The molecule has 1 fully saturated rings. The fraction of sp³-hybridized carbons (Fsp3) is 0.294. The minimum Gasteiger partial charge on any atom is -0.336 e. The van der Waals surface area contributed by atoms with Crippen molar-refractivity contribution >= 4 is 21.6 Å². The number of sulfonamides is 1. The van der Waals surface area contributed by atoms with Crippen LogP contribution in [0.2, 0.25) is 0 Å². The number of benzene rings is 1. The maximum Gasteiger partial charge on any atom is 0.416 e. The molecule has 1 aromatic heterocycles. The van der Waals surface area contributed by atoms with Crippen LogP contribution in [0.3, 0.4) is 0 Å². The molecule has 0 bridgehead atoms. The van der Waals surface area contributed by atoms with Crippen LogP contribution >= 0.6 is 0 Å². The number of nitrogens with one attached hydrogen (secondary N) is 1. The normalized spacial score (nSPS) is 15.6. The van der Waals surface area contributed by atoms with E-state index in [1.807, 2.05) is 0 Å². The zero-order valence-corrected chi connectivity index (χ0v) is 16.4. The van der Waals surface area contributed by atoms with Crippen molar-refractivity contribution in [3.05, 3.63) is 68.1 Å². The molecule has 166 valence electrons. The summed E-state index contributed by atoms with van der Waals surface area (Å²) in [5.74, 6) is -0.818. The number of aromatic amines is 1. The Bertz CT molecular complexity index is 1190. The molecule has 1 N–H and O–H groups in total. The fourth-order valence-electron chi connectivity index (χ4n) is 3.02.